The number of amides is 1. The summed E-state index contributed by atoms with van der Waals surface area (Å²) in [5, 5.41) is 2.77. The normalized spacial score (nSPS) is 25.1. The summed E-state index contributed by atoms with van der Waals surface area (Å²) in [7, 11) is -1.05. The third kappa shape index (κ3) is 3.26. The van der Waals surface area contributed by atoms with E-state index in [1.807, 2.05) is 0 Å². The number of carbonyl (C=O) groups is 1. The second-order valence-electron chi connectivity index (χ2n) is 4.65. The third-order valence-corrected chi connectivity index (χ3v) is 5.12. The van der Waals surface area contributed by atoms with E-state index >= 15 is 0 Å². The molecule has 0 aromatic rings. The zero-order valence-corrected chi connectivity index (χ0v) is 11.0. The lowest BCUT2D eigenvalue weighted by Gasteiger charge is -2.31. The molecule has 2 saturated heterocycles. The van der Waals surface area contributed by atoms with Gasteiger partial charge in [0.05, 0.1) is 13.2 Å². The fraction of sp³-hybridized carbons (Fsp3) is 0.909. The van der Waals surface area contributed by atoms with Gasteiger partial charge in [0.2, 0.25) is 5.91 Å². The average molecular weight is 260 g/mol. The van der Waals surface area contributed by atoms with E-state index in [0.717, 1.165) is 13.1 Å². The summed E-state index contributed by atoms with van der Waals surface area (Å²) in [5.41, 5.74) is 0. The topological polar surface area (TPSA) is 58.6 Å². The van der Waals surface area contributed by atoms with E-state index in [1.54, 1.807) is 11.8 Å². The van der Waals surface area contributed by atoms with E-state index < -0.39 is 10.8 Å². The lowest BCUT2D eigenvalue weighted by Crippen LogP contribution is -2.49. The van der Waals surface area contributed by atoms with Crippen molar-refractivity contribution in [2.45, 2.75) is 12.2 Å². The summed E-state index contributed by atoms with van der Waals surface area (Å²) >= 11 is 0. The van der Waals surface area contributed by atoms with Crippen LogP contribution in [0.1, 0.15) is 6.92 Å². The molecule has 0 aliphatic carbocycles. The molecular weight excluding hydrogens is 240 g/mol. The standard InChI is InChI=1S/C11H20N2O3S/c1-9(17(15)8-10-6-12-7-10)11(14)13-2-4-16-5-3-13/h9-10,12H,2-8H2,1H3. The Bertz CT molecular complexity index is 301. The largest absolute Gasteiger partial charge is 0.378 e. The van der Waals surface area contributed by atoms with Crippen LogP contribution in [0.15, 0.2) is 0 Å². The number of carbonyl (C=O) groups excluding carboxylic acids is 1. The first-order valence-corrected chi connectivity index (χ1v) is 7.51. The predicted octanol–water partition coefficient (Wildman–Crippen LogP) is -0.798. The molecule has 98 valence electrons. The van der Waals surface area contributed by atoms with Crippen molar-refractivity contribution in [3.8, 4) is 0 Å². The Hall–Kier alpha value is -0.460. The van der Waals surface area contributed by atoms with Gasteiger partial charge in [-0.3, -0.25) is 9.00 Å². The molecule has 5 nitrogen and oxygen atoms in total. The van der Waals surface area contributed by atoms with E-state index in [0.29, 0.717) is 38.0 Å². The first-order valence-electron chi connectivity index (χ1n) is 6.13. The highest BCUT2D eigenvalue weighted by molar-refractivity contribution is 7.86. The third-order valence-electron chi connectivity index (χ3n) is 3.33. The lowest BCUT2D eigenvalue weighted by molar-refractivity contribution is -0.134. The maximum Gasteiger partial charge on any atom is 0.238 e. The molecule has 2 fully saturated rings. The van der Waals surface area contributed by atoms with Crippen LogP contribution in [-0.4, -0.2) is 65.4 Å². The lowest BCUT2D eigenvalue weighted by atomic mass is 10.1. The average Bonchev–Trinajstić information content (AvgIpc) is 2.32. The molecule has 2 heterocycles. The van der Waals surface area contributed by atoms with Crippen molar-refractivity contribution < 1.29 is 13.7 Å². The van der Waals surface area contributed by atoms with E-state index in [1.165, 1.54) is 0 Å². The molecular formula is C11H20N2O3S. The molecule has 1 N–H and O–H groups in total. The number of ether oxygens (including phenoxy) is 1. The molecule has 2 aliphatic heterocycles. The van der Waals surface area contributed by atoms with Crippen molar-refractivity contribution in [2.75, 3.05) is 45.1 Å². The van der Waals surface area contributed by atoms with Crippen LogP contribution >= 0.6 is 0 Å². The molecule has 6 heteroatoms. The van der Waals surface area contributed by atoms with E-state index in [2.05, 4.69) is 5.32 Å². The Labute approximate surface area is 104 Å². The smallest absolute Gasteiger partial charge is 0.238 e. The van der Waals surface area contributed by atoms with Crippen LogP contribution in [0, 0.1) is 5.92 Å². The zero-order chi connectivity index (χ0) is 12.3. The number of rotatable bonds is 4. The van der Waals surface area contributed by atoms with Crippen molar-refractivity contribution in [1.29, 1.82) is 0 Å². The van der Waals surface area contributed by atoms with Crippen molar-refractivity contribution >= 4 is 16.7 Å². The predicted molar refractivity (Wildman–Crippen MR) is 66.2 cm³/mol. The Kier molecular flexibility index (Phi) is 4.53. The fourth-order valence-corrected chi connectivity index (χ4v) is 3.36. The molecule has 0 aromatic carbocycles. The second-order valence-corrected chi connectivity index (χ2v) is 6.45. The second kappa shape index (κ2) is 5.93. The quantitative estimate of drug-likeness (QED) is 0.719. The highest BCUT2D eigenvalue weighted by Crippen LogP contribution is 2.11. The first-order chi connectivity index (χ1) is 8.18. The summed E-state index contributed by atoms with van der Waals surface area (Å²) < 4.78 is 17.2. The van der Waals surface area contributed by atoms with Crippen LogP contribution in [0.5, 0.6) is 0 Å². The van der Waals surface area contributed by atoms with Crippen molar-refractivity contribution in [2.24, 2.45) is 5.92 Å². The molecule has 2 aliphatic rings. The van der Waals surface area contributed by atoms with Gasteiger partial charge in [0.1, 0.15) is 5.25 Å². The zero-order valence-electron chi connectivity index (χ0n) is 10.2. The molecule has 1 amide bonds. The highest BCUT2D eigenvalue weighted by atomic mass is 32.2. The van der Waals surface area contributed by atoms with Crippen LogP contribution in [0.2, 0.25) is 0 Å². The van der Waals surface area contributed by atoms with Gasteiger partial charge in [-0.1, -0.05) is 0 Å². The molecule has 17 heavy (non-hydrogen) atoms. The Morgan fingerprint density at radius 3 is 2.65 bits per heavy atom. The molecule has 0 spiro atoms. The van der Waals surface area contributed by atoms with E-state index in [-0.39, 0.29) is 11.2 Å². The van der Waals surface area contributed by atoms with Gasteiger partial charge < -0.3 is 15.0 Å². The summed E-state index contributed by atoms with van der Waals surface area (Å²) in [6, 6.07) is 0. The van der Waals surface area contributed by atoms with Gasteiger partial charge in [0.25, 0.3) is 0 Å². The van der Waals surface area contributed by atoms with Gasteiger partial charge in [-0.15, -0.1) is 0 Å². The van der Waals surface area contributed by atoms with Gasteiger partial charge in [0, 0.05) is 42.7 Å². The number of morpholine rings is 1. The molecule has 2 unspecified atom stereocenters. The summed E-state index contributed by atoms with van der Waals surface area (Å²) in [5.74, 6) is 1.14. The molecule has 0 bridgehead atoms. The van der Waals surface area contributed by atoms with Crippen LogP contribution in [0.4, 0.5) is 0 Å². The SMILES string of the molecule is CC(C(=O)N1CCOCC1)S(=O)CC1CNC1. The van der Waals surface area contributed by atoms with Crippen LogP contribution in [0.25, 0.3) is 0 Å². The van der Waals surface area contributed by atoms with Crippen molar-refractivity contribution in [3.63, 3.8) is 0 Å². The summed E-state index contributed by atoms with van der Waals surface area (Å²) in [4.78, 5) is 13.9. The minimum atomic E-state index is -1.05. The minimum Gasteiger partial charge on any atom is -0.378 e. The summed E-state index contributed by atoms with van der Waals surface area (Å²) in [6.45, 7) is 6.10. The maximum atomic E-state index is 12.1. The van der Waals surface area contributed by atoms with Crippen molar-refractivity contribution in [3.05, 3.63) is 0 Å². The van der Waals surface area contributed by atoms with Gasteiger partial charge in [-0.05, 0) is 12.8 Å². The number of hydrogen-bond acceptors (Lipinski definition) is 4. The fourth-order valence-electron chi connectivity index (χ4n) is 2.00. The molecule has 0 saturated carbocycles. The van der Waals surface area contributed by atoms with Crippen LogP contribution in [-0.2, 0) is 20.3 Å². The van der Waals surface area contributed by atoms with Crippen LogP contribution in [0.3, 0.4) is 0 Å². The molecule has 2 atom stereocenters. The number of hydrogen-bond donors (Lipinski definition) is 1. The van der Waals surface area contributed by atoms with E-state index in [4.69, 9.17) is 4.74 Å². The van der Waals surface area contributed by atoms with Crippen molar-refractivity contribution in [1.82, 2.24) is 10.2 Å². The summed E-state index contributed by atoms with van der Waals surface area (Å²) in [6.07, 6.45) is 0. The minimum absolute atomic E-state index is 0.0129. The van der Waals surface area contributed by atoms with Crippen LogP contribution < -0.4 is 5.32 Å². The van der Waals surface area contributed by atoms with E-state index in [9.17, 15) is 9.00 Å². The highest BCUT2D eigenvalue weighted by Gasteiger charge is 2.29. The Morgan fingerprint density at radius 1 is 1.47 bits per heavy atom. The monoisotopic (exact) mass is 260 g/mol. The number of nitrogens with zero attached hydrogens (tertiary/aromatic N) is 1. The molecule has 2 rings (SSSR count). The van der Waals surface area contributed by atoms with Gasteiger partial charge in [-0.25, -0.2) is 0 Å². The maximum absolute atomic E-state index is 12.1. The Morgan fingerprint density at radius 2 is 2.12 bits per heavy atom. The van der Waals surface area contributed by atoms with Gasteiger partial charge in [0.15, 0.2) is 0 Å². The Balaban J connectivity index is 1.82. The molecule has 0 aromatic heterocycles. The number of nitrogens with one attached hydrogen (secondary N) is 1. The molecule has 0 radical (unpaired) electrons. The first kappa shape index (κ1) is 13.0. The van der Waals surface area contributed by atoms with Gasteiger partial charge >= 0.3 is 0 Å². The van der Waals surface area contributed by atoms with Gasteiger partial charge in [-0.2, -0.15) is 0 Å².